The number of hydrogen-bond donors (Lipinski definition) is 0. The molecule has 0 spiro atoms. The van der Waals surface area contributed by atoms with Crippen LogP contribution in [0, 0.1) is 52.3 Å². The predicted octanol–water partition coefficient (Wildman–Crippen LogP) is 9.84. The fraction of sp³-hybridized carbons (Fsp3) is 0.634. The summed E-state index contributed by atoms with van der Waals surface area (Å²) in [4.78, 5) is 13.9. The van der Waals surface area contributed by atoms with Crippen LogP contribution in [0.15, 0.2) is 72.8 Å². The zero-order valence-electron chi connectivity index (χ0n) is 27.9. The van der Waals surface area contributed by atoms with Crippen LogP contribution in [0.2, 0.25) is 0 Å². The Labute approximate surface area is 267 Å². The maximum atomic E-state index is 13.9. The minimum Gasteiger partial charge on any atom is -0.374 e. The van der Waals surface area contributed by atoms with Crippen LogP contribution in [0.3, 0.4) is 0 Å². The molecular formula is C41H56O3. The molecule has 0 amide bonds. The number of carbonyl (C=O) groups excluding carboxylic acids is 1. The summed E-state index contributed by atoms with van der Waals surface area (Å²) in [6, 6.07) is 21.3. The normalized spacial score (nSPS) is 37.5. The van der Waals surface area contributed by atoms with Gasteiger partial charge >= 0.3 is 0 Å². The third-order valence-electron chi connectivity index (χ3n) is 12.8. The van der Waals surface area contributed by atoms with Crippen LogP contribution >= 0.6 is 0 Å². The molecule has 0 N–H and O–H groups in total. The second kappa shape index (κ2) is 13.2. The van der Waals surface area contributed by atoms with Crippen molar-refractivity contribution in [2.75, 3.05) is 0 Å². The van der Waals surface area contributed by atoms with E-state index in [2.05, 4.69) is 107 Å². The van der Waals surface area contributed by atoms with Crippen molar-refractivity contribution >= 4 is 5.78 Å². The van der Waals surface area contributed by atoms with Crippen LogP contribution in [0.5, 0.6) is 0 Å². The Hall–Kier alpha value is -2.23. The van der Waals surface area contributed by atoms with Gasteiger partial charge in [-0.25, -0.2) is 0 Å². The zero-order chi connectivity index (χ0) is 30.9. The van der Waals surface area contributed by atoms with Crippen molar-refractivity contribution in [3.63, 3.8) is 0 Å². The van der Waals surface area contributed by atoms with Crippen LogP contribution < -0.4 is 0 Å². The molecule has 6 rings (SSSR count). The molecule has 4 aliphatic carbocycles. The summed E-state index contributed by atoms with van der Waals surface area (Å²) in [6.45, 7) is 13.2. The van der Waals surface area contributed by atoms with E-state index in [4.69, 9.17) is 9.47 Å². The molecule has 4 aliphatic rings. The Morgan fingerprint density at radius 1 is 0.795 bits per heavy atom. The second-order valence-electron chi connectivity index (χ2n) is 15.8. The van der Waals surface area contributed by atoms with E-state index in [0.29, 0.717) is 54.5 Å². The van der Waals surface area contributed by atoms with Gasteiger partial charge in [0.25, 0.3) is 0 Å². The van der Waals surface area contributed by atoms with E-state index in [1.165, 1.54) is 30.4 Å². The van der Waals surface area contributed by atoms with Gasteiger partial charge in [0.05, 0.1) is 25.4 Å². The Kier molecular flexibility index (Phi) is 9.56. The molecule has 0 aromatic heterocycles. The van der Waals surface area contributed by atoms with Gasteiger partial charge in [-0.05, 0) is 102 Å². The Morgan fingerprint density at radius 3 is 2.09 bits per heavy atom. The number of allylic oxidation sites excluding steroid dienone is 2. The number of benzene rings is 2. The lowest BCUT2D eigenvalue weighted by molar-refractivity contribution is -0.194. The van der Waals surface area contributed by atoms with Gasteiger partial charge in [-0.1, -0.05) is 107 Å². The van der Waals surface area contributed by atoms with Crippen molar-refractivity contribution in [1.29, 1.82) is 0 Å². The van der Waals surface area contributed by atoms with Crippen molar-refractivity contribution in [2.24, 2.45) is 52.3 Å². The third kappa shape index (κ3) is 6.25. The highest BCUT2D eigenvalue weighted by molar-refractivity contribution is 5.85. The Bertz CT molecular complexity index is 1270. The average Bonchev–Trinajstić information content (AvgIpc) is 3.29. The third-order valence-corrected chi connectivity index (χ3v) is 12.8. The van der Waals surface area contributed by atoms with E-state index in [1.807, 2.05) is 0 Å². The fourth-order valence-electron chi connectivity index (χ4n) is 10.6. The van der Waals surface area contributed by atoms with Crippen LogP contribution in [0.4, 0.5) is 0 Å². The number of rotatable bonds is 10. The summed E-state index contributed by atoms with van der Waals surface area (Å²) >= 11 is 0. The number of fused-ring (bicyclic) bond motifs is 5. The molecule has 4 saturated carbocycles. The van der Waals surface area contributed by atoms with Gasteiger partial charge in [0.2, 0.25) is 0 Å². The first-order chi connectivity index (χ1) is 21.2. The molecule has 0 radical (unpaired) electrons. The van der Waals surface area contributed by atoms with E-state index >= 15 is 0 Å². The van der Waals surface area contributed by atoms with Crippen molar-refractivity contribution in [1.82, 2.24) is 0 Å². The minimum absolute atomic E-state index is 0.104. The number of carbonyl (C=O) groups is 1. The van der Waals surface area contributed by atoms with E-state index in [9.17, 15) is 4.79 Å². The minimum atomic E-state index is 0.104. The van der Waals surface area contributed by atoms with Crippen LogP contribution in [-0.2, 0) is 27.5 Å². The molecule has 0 bridgehead atoms. The average molecular weight is 597 g/mol. The molecule has 44 heavy (non-hydrogen) atoms. The van der Waals surface area contributed by atoms with Crippen molar-refractivity contribution in [2.45, 2.75) is 111 Å². The number of Topliss-reactive ketones (excluding diaryl/α,β-unsaturated/α-hetero) is 1. The van der Waals surface area contributed by atoms with E-state index in [-0.39, 0.29) is 29.0 Å². The number of hydrogen-bond acceptors (Lipinski definition) is 3. The first-order valence-corrected chi connectivity index (χ1v) is 17.7. The van der Waals surface area contributed by atoms with Gasteiger partial charge in [0.1, 0.15) is 5.78 Å². The summed E-state index contributed by atoms with van der Waals surface area (Å²) in [7, 11) is 0. The summed E-state index contributed by atoms with van der Waals surface area (Å²) < 4.78 is 13.6. The van der Waals surface area contributed by atoms with E-state index < -0.39 is 0 Å². The number of ketones is 1. The quantitative estimate of drug-likeness (QED) is 0.256. The van der Waals surface area contributed by atoms with Gasteiger partial charge in [-0.2, -0.15) is 0 Å². The first kappa shape index (κ1) is 31.7. The van der Waals surface area contributed by atoms with Gasteiger partial charge in [0.15, 0.2) is 0 Å². The highest BCUT2D eigenvalue weighted by Crippen LogP contribution is 2.68. The topological polar surface area (TPSA) is 35.5 Å². The van der Waals surface area contributed by atoms with Gasteiger partial charge in [0, 0.05) is 12.3 Å². The molecule has 0 heterocycles. The highest BCUT2D eigenvalue weighted by Gasteiger charge is 2.64. The fourth-order valence-corrected chi connectivity index (χ4v) is 10.6. The van der Waals surface area contributed by atoms with Crippen LogP contribution in [0.1, 0.15) is 97.1 Å². The molecule has 10 atom stereocenters. The van der Waals surface area contributed by atoms with E-state index in [1.54, 1.807) is 0 Å². The SMILES string of the molecule is CC(C)/C=C\C[C@@H](C)[C@H]1C(=O)C[C@H]2[C@@H]3C[C@@H](OCc4ccccc4)[C@H]4C[C@@H](OCc5ccccc5)CC[C@]4(C)[C@H]3CC[C@]12C. The smallest absolute Gasteiger partial charge is 0.137 e. The summed E-state index contributed by atoms with van der Waals surface area (Å²) in [5.41, 5.74) is 2.83. The van der Waals surface area contributed by atoms with Crippen LogP contribution in [0.25, 0.3) is 0 Å². The molecule has 3 nitrogen and oxygen atoms in total. The monoisotopic (exact) mass is 596 g/mol. The molecule has 2 aromatic rings. The lowest BCUT2D eigenvalue weighted by Crippen LogP contribution is -2.59. The molecule has 0 unspecified atom stereocenters. The standard InChI is InChI=1S/C41H56O3/c1-28(2)13-12-14-29(3)39-37(42)25-35-33-24-38(44-27-31-17-10-7-11-18-31)36-23-32(43-26-30-15-8-6-9-16-30)19-21-40(36,4)34(33)20-22-41(35,39)5/h6-13,15-18,28-29,32-36,38-39H,14,19-27H2,1-5H3/b13-12-/t29-,32+,33-,34+,35+,36-,38-,39+,40-,41+/m1/s1. The second-order valence-corrected chi connectivity index (χ2v) is 15.8. The largest absolute Gasteiger partial charge is 0.374 e. The van der Waals surface area contributed by atoms with Gasteiger partial charge < -0.3 is 9.47 Å². The number of ether oxygens (including phenoxy) is 2. The van der Waals surface area contributed by atoms with Crippen molar-refractivity contribution < 1.29 is 14.3 Å². The van der Waals surface area contributed by atoms with Crippen molar-refractivity contribution in [3.8, 4) is 0 Å². The summed E-state index contributed by atoms with van der Waals surface area (Å²) in [5.74, 6) is 3.87. The molecule has 0 aliphatic heterocycles. The van der Waals surface area contributed by atoms with Crippen LogP contribution in [-0.4, -0.2) is 18.0 Å². The Balaban J connectivity index is 1.23. The van der Waals surface area contributed by atoms with Gasteiger partial charge in [-0.3, -0.25) is 4.79 Å². The summed E-state index contributed by atoms with van der Waals surface area (Å²) in [6.07, 6.45) is 13.8. The van der Waals surface area contributed by atoms with E-state index in [0.717, 1.165) is 32.1 Å². The molecule has 3 heteroatoms. The predicted molar refractivity (Wildman–Crippen MR) is 179 cm³/mol. The first-order valence-electron chi connectivity index (χ1n) is 17.7. The zero-order valence-corrected chi connectivity index (χ0v) is 27.9. The molecule has 2 aromatic carbocycles. The van der Waals surface area contributed by atoms with Gasteiger partial charge in [-0.15, -0.1) is 0 Å². The maximum absolute atomic E-state index is 13.9. The Morgan fingerprint density at radius 2 is 1.43 bits per heavy atom. The summed E-state index contributed by atoms with van der Waals surface area (Å²) in [5, 5.41) is 0. The lowest BCUT2D eigenvalue weighted by atomic mass is 9.43. The molecule has 0 saturated heterocycles. The molecule has 4 fully saturated rings. The maximum Gasteiger partial charge on any atom is 0.137 e. The van der Waals surface area contributed by atoms with Crippen molar-refractivity contribution in [3.05, 3.63) is 83.9 Å². The molecular weight excluding hydrogens is 540 g/mol. The highest BCUT2D eigenvalue weighted by atomic mass is 16.5. The molecule has 238 valence electrons. The lowest BCUT2D eigenvalue weighted by Gasteiger charge is -2.63.